The van der Waals surface area contributed by atoms with E-state index >= 15 is 0 Å². The standard InChI is InChI=1S/C15H21NO2.BrH/c1-2-8-16-9-7-11-10-4-6-14(17)15(18)12(10)3-5-13(11)16;/h4,6,11,13,17-18H,2-3,5,7-9H2,1H3;1H/t11-,13+;/m1./s1. The summed E-state index contributed by atoms with van der Waals surface area (Å²) >= 11 is 0. The molecule has 0 aromatic heterocycles. The van der Waals surface area contributed by atoms with Crippen molar-refractivity contribution in [3.05, 3.63) is 23.3 Å². The fourth-order valence-electron chi connectivity index (χ4n) is 3.77. The van der Waals surface area contributed by atoms with Gasteiger partial charge in [-0.1, -0.05) is 13.0 Å². The van der Waals surface area contributed by atoms with Crippen LogP contribution in [0, 0.1) is 0 Å². The van der Waals surface area contributed by atoms with E-state index in [4.69, 9.17) is 0 Å². The van der Waals surface area contributed by atoms with Crippen molar-refractivity contribution < 1.29 is 10.2 Å². The lowest BCUT2D eigenvalue weighted by Gasteiger charge is -2.33. The van der Waals surface area contributed by atoms with Crippen LogP contribution in [0.5, 0.6) is 11.5 Å². The number of nitrogens with zero attached hydrogens (tertiary/aromatic N) is 1. The van der Waals surface area contributed by atoms with Crippen molar-refractivity contribution in [3.63, 3.8) is 0 Å². The van der Waals surface area contributed by atoms with Gasteiger partial charge in [-0.2, -0.15) is 0 Å². The molecule has 1 aromatic carbocycles. The summed E-state index contributed by atoms with van der Waals surface area (Å²) in [5.41, 5.74) is 2.25. The number of phenols is 2. The van der Waals surface area contributed by atoms with Crippen LogP contribution in [-0.4, -0.2) is 34.2 Å². The molecule has 2 aliphatic rings. The van der Waals surface area contributed by atoms with Gasteiger partial charge in [-0.05, 0) is 50.4 Å². The highest BCUT2D eigenvalue weighted by Crippen LogP contribution is 2.46. The Bertz CT molecular complexity index is 464. The van der Waals surface area contributed by atoms with Gasteiger partial charge >= 0.3 is 0 Å². The molecule has 3 nitrogen and oxygen atoms in total. The molecule has 4 heteroatoms. The molecule has 1 aliphatic carbocycles. The SMILES string of the molecule is Br.CCCN1CC[C@@H]2c3ccc(O)c(O)c3CC[C@@H]21. The quantitative estimate of drug-likeness (QED) is 0.820. The van der Waals surface area contributed by atoms with Gasteiger partial charge in [-0.3, -0.25) is 4.90 Å². The Morgan fingerprint density at radius 1 is 1.26 bits per heavy atom. The maximum Gasteiger partial charge on any atom is 0.160 e. The van der Waals surface area contributed by atoms with Crippen LogP contribution >= 0.6 is 17.0 Å². The summed E-state index contributed by atoms with van der Waals surface area (Å²) in [7, 11) is 0. The van der Waals surface area contributed by atoms with E-state index in [0.29, 0.717) is 12.0 Å². The predicted octanol–water partition coefficient (Wildman–Crippen LogP) is 3.19. The molecule has 19 heavy (non-hydrogen) atoms. The van der Waals surface area contributed by atoms with Crippen molar-refractivity contribution in [1.82, 2.24) is 4.90 Å². The lowest BCUT2D eigenvalue weighted by molar-refractivity contribution is 0.226. The Balaban J connectivity index is 0.00000133. The van der Waals surface area contributed by atoms with Crippen molar-refractivity contribution in [2.75, 3.05) is 13.1 Å². The molecule has 2 N–H and O–H groups in total. The topological polar surface area (TPSA) is 43.7 Å². The highest BCUT2D eigenvalue weighted by atomic mass is 79.9. The Morgan fingerprint density at radius 3 is 2.79 bits per heavy atom. The first kappa shape index (κ1) is 14.7. The number of benzene rings is 1. The zero-order valence-corrected chi connectivity index (χ0v) is 13.0. The second kappa shape index (κ2) is 5.71. The molecular formula is C15H22BrNO2. The van der Waals surface area contributed by atoms with E-state index < -0.39 is 0 Å². The van der Waals surface area contributed by atoms with Crippen molar-refractivity contribution >= 4 is 17.0 Å². The minimum Gasteiger partial charge on any atom is -0.504 e. The molecule has 3 rings (SSSR count). The van der Waals surface area contributed by atoms with Gasteiger partial charge in [0.05, 0.1) is 0 Å². The van der Waals surface area contributed by atoms with Crippen LogP contribution in [0.1, 0.15) is 43.2 Å². The molecule has 0 saturated carbocycles. The number of aromatic hydroxyl groups is 2. The van der Waals surface area contributed by atoms with Gasteiger partial charge in [0.1, 0.15) is 0 Å². The molecule has 0 radical (unpaired) electrons. The third kappa shape index (κ3) is 2.36. The van der Waals surface area contributed by atoms with Gasteiger partial charge < -0.3 is 10.2 Å². The van der Waals surface area contributed by atoms with Gasteiger partial charge in [-0.15, -0.1) is 17.0 Å². The molecule has 1 heterocycles. The van der Waals surface area contributed by atoms with E-state index in [0.717, 1.165) is 18.4 Å². The molecule has 0 unspecified atom stereocenters. The number of halogens is 1. The third-order valence-corrected chi connectivity index (χ3v) is 4.56. The smallest absolute Gasteiger partial charge is 0.160 e. The number of hydrogen-bond donors (Lipinski definition) is 2. The summed E-state index contributed by atoms with van der Waals surface area (Å²) in [6.45, 7) is 4.58. The first-order valence-corrected chi connectivity index (χ1v) is 7.00. The summed E-state index contributed by atoms with van der Waals surface area (Å²) in [4.78, 5) is 2.59. The van der Waals surface area contributed by atoms with E-state index in [1.165, 1.54) is 31.5 Å². The molecule has 0 spiro atoms. The fourth-order valence-corrected chi connectivity index (χ4v) is 3.77. The van der Waals surface area contributed by atoms with Gasteiger partial charge in [0.15, 0.2) is 11.5 Å². The molecule has 0 bridgehead atoms. The van der Waals surface area contributed by atoms with E-state index in [1.807, 2.05) is 6.07 Å². The van der Waals surface area contributed by atoms with Crippen molar-refractivity contribution in [1.29, 1.82) is 0 Å². The monoisotopic (exact) mass is 327 g/mol. The zero-order chi connectivity index (χ0) is 12.7. The minimum atomic E-state index is 0. The normalized spacial score (nSPS) is 25.5. The number of fused-ring (bicyclic) bond motifs is 3. The van der Waals surface area contributed by atoms with Crippen LogP contribution in [0.25, 0.3) is 0 Å². The number of rotatable bonds is 2. The predicted molar refractivity (Wildman–Crippen MR) is 81.4 cm³/mol. The maximum atomic E-state index is 9.97. The molecular weight excluding hydrogens is 306 g/mol. The van der Waals surface area contributed by atoms with Crippen LogP contribution in [-0.2, 0) is 6.42 Å². The van der Waals surface area contributed by atoms with Crippen LogP contribution in [0.4, 0.5) is 0 Å². The first-order valence-electron chi connectivity index (χ1n) is 7.00. The molecule has 1 aromatic rings. The number of hydrogen-bond acceptors (Lipinski definition) is 3. The first-order chi connectivity index (χ1) is 8.72. The lowest BCUT2D eigenvalue weighted by Crippen LogP contribution is -2.35. The average Bonchev–Trinajstić information content (AvgIpc) is 2.78. The summed E-state index contributed by atoms with van der Waals surface area (Å²) in [6.07, 6.45) is 4.38. The Hall–Kier alpha value is -0.740. The third-order valence-electron chi connectivity index (χ3n) is 4.56. The summed E-state index contributed by atoms with van der Waals surface area (Å²) in [5, 5.41) is 19.6. The lowest BCUT2D eigenvalue weighted by atomic mass is 9.79. The summed E-state index contributed by atoms with van der Waals surface area (Å²) in [5.74, 6) is 0.683. The Labute approximate surface area is 125 Å². The van der Waals surface area contributed by atoms with Gasteiger partial charge in [0, 0.05) is 17.5 Å². The van der Waals surface area contributed by atoms with Gasteiger partial charge in [0.25, 0.3) is 0 Å². The number of phenolic OH excluding ortho intramolecular Hbond substituents is 2. The molecule has 0 amide bonds. The molecule has 2 atom stereocenters. The van der Waals surface area contributed by atoms with Crippen LogP contribution in [0.2, 0.25) is 0 Å². The molecule has 1 saturated heterocycles. The van der Waals surface area contributed by atoms with E-state index in [9.17, 15) is 10.2 Å². The highest BCUT2D eigenvalue weighted by molar-refractivity contribution is 8.93. The van der Waals surface area contributed by atoms with Crippen LogP contribution < -0.4 is 0 Å². The van der Waals surface area contributed by atoms with Crippen LogP contribution in [0.15, 0.2) is 12.1 Å². The Kier molecular flexibility index (Phi) is 4.41. The maximum absolute atomic E-state index is 9.97. The second-order valence-electron chi connectivity index (χ2n) is 5.54. The molecule has 1 aliphatic heterocycles. The average molecular weight is 328 g/mol. The van der Waals surface area contributed by atoms with Crippen molar-refractivity contribution in [2.45, 2.75) is 44.6 Å². The fraction of sp³-hybridized carbons (Fsp3) is 0.600. The second-order valence-corrected chi connectivity index (χ2v) is 5.54. The highest BCUT2D eigenvalue weighted by Gasteiger charge is 2.39. The Morgan fingerprint density at radius 2 is 2.05 bits per heavy atom. The summed E-state index contributed by atoms with van der Waals surface area (Å²) < 4.78 is 0. The molecule has 1 fully saturated rings. The largest absolute Gasteiger partial charge is 0.504 e. The minimum absolute atomic E-state index is 0. The zero-order valence-electron chi connectivity index (χ0n) is 11.3. The van der Waals surface area contributed by atoms with E-state index in [-0.39, 0.29) is 28.5 Å². The van der Waals surface area contributed by atoms with Crippen molar-refractivity contribution in [2.24, 2.45) is 0 Å². The number of likely N-dealkylation sites (tertiary alicyclic amines) is 1. The van der Waals surface area contributed by atoms with Crippen molar-refractivity contribution in [3.8, 4) is 11.5 Å². The van der Waals surface area contributed by atoms with Gasteiger partial charge in [0.2, 0.25) is 0 Å². The van der Waals surface area contributed by atoms with Crippen LogP contribution in [0.3, 0.4) is 0 Å². The van der Waals surface area contributed by atoms with Gasteiger partial charge in [-0.25, -0.2) is 0 Å². The van der Waals surface area contributed by atoms with E-state index in [2.05, 4.69) is 11.8 Å². The summed E-state index contributed by atoms with van der Waals surface area (Å²) in [6, 6.07) is 4.29. The molecule has 106 valence electrons. The van der Waals surface area contributed by atoms with E-state index in [1.54, 1.807) is 6.07 Å².